The van der Waals surface area contributed by atoms with E-state index in [1.807, 2.05) is 12.1 Å². The molecule has 2 aromatic rings. The quantitative estimate of drug-likeness (QED) is 0.468. The van der Waals surface area contributed by atoms with Gasteiger partial charge in [-0.3, -0.25) is 4.98 Å². The van der Waals surface area contributed by atoms with Gasteiger partial charge < -0.3 is 5.21 Å². The lowest BCUT2D eigenvalue weighted by atomic mass is 9.62. The highest BCUT2D eigenvalue weighted by Crippen LogP contribution is 2.47. The minimum absolute atomic E-state index is 0.191. The number of aryl methyl sites for hydroxylation is 1. The van der Waals surface area contributed by atoms with Crippen molar-refractivity contribution in [3.05, 3.63) is 52.7 Å². The van der Waals surface area contributed by atoms with E-state index < -0.39 is 0 Å². The van der Waals surface area contributed by atoms with Gasteiger partial charge in [-0.25, -0.2) is 0 Å². The third kappa shape index (κ3) is 2.83. The highest BCUT2D eigenvalue weighted by atomic mass is 16.4. The molecule has 1 aliphatic carbocycles. The van der Waals surface area contributed by atoms with Crippen molar-refractivity contribution in [1.29, 1.82) is 0 Å². The lowest BCUT2D eigenvalue weighted by Crippen LogP contribution is -2.34. The van der Waals surface area contributed by atoms with Crippen LogP contribution in [-0.2, 0) is 10.8 Å². The zero-order valence-electron chi connectivity index (χ0n) is 15.2. The van der Waals surface area contributed by atoms with Crippen LogP contribution in [0.5, 0.6) is 0 Å². The van der Waals surface area contributed by atoms with Crippen molar-refractivity contribution in [2.75, 3.05) is 0 Å². The van der Waals surface area contributed by atoms with Crippen molar-refractivity contribution >= 4 is 6.21 Å². The second kappa shape index (κ2) is 5.73. The Labute approximate surface area is 144 Å². The van der Waals surface area contributed by atoms with Crippen molar-refractivity contribution in [3.8, 4) is 11.3 Å². The Kier molecular flexibility index (Phi) is 3.98. The van der Waals surface area contributed by atoms with E-state index in [0.717, 1.165) is 11.3 Å². The standard InChI is InChI=1S/C21H26N2O/c1-14-10-17-18(21(4,5)9-8-20(17,2)3)11-16(14)19-7-6-15(12-22-19)13-23-24/h6-7,10-13,24H,8-9H2,1-5H3. The molecule has 0 spiro atoms. The van der Waals surface area contributed by atoms with Crippen molar-refractivity contribution in [2.24, 2.45) is 5.16 Å². The summed E-state index contributed by atoms with van der Waals surface area (Å²) >= 11 is 0. The molecule has 126 valence electrons. The van der Waals surface area contributed by atoms with Gasteiger partial charge in [-0.1, -0.05) is 38.9 Å². The number of pyridine rings is 1. The molecule has 1 N–H and O–H groups in total. The van der Waals surface area contributed by atoms with E-state index in [0.29, 0.717) is 0 Å². The maximum absolute atomic E-state index is 8.63. The first-order chi connectivity index (χ1) is 11.2. The molecule has 0 radical (unpaired) electrons. The number of aromatic nitrogens is 1. The molecule has 0 saturated heterocycles. The van der Waals surface area contributed by atoms with Crippen molar-refractivity contribution in [1.82, 2.24) is 4.98 Å². The van der Waals surface area contributed by atoms with Crippen LogP contribution >= 0.6 is 0 Å². The van der Waals surface area contributed by atoms with Crippen LogP contribution in [0.25, 0.3) is 11.3 Å². The Balaban J connectivity index is 2.14. The van der Waals surface area contributed by atoms with E-state index in [-0.39, 0.29) is 10.8 Å². The average molecular weight is 322 g/mol. The minimum Gasteiger partial charge on any atom is -0.411 e. The van der Waals surface area contributed by atoms with Gasteiger partial charge in [0.2, 0.25) is 0 Å². The first-order valence-electron chi connectivity index (χ1n) is 8.54. The predicted molar refractivity (Wildman–Crippen MR) is 99.1 cm³/mol. The molecule has 0 fully saturated rings. The second-order valence-electron chi connectivity index (χ2n) is 8.20. The summed E-state index contributed by atoms with van der Waals surface area (Å²) in [5.74, 6) is 0. The van der Waals surface area contributed by atoms with E-state index in [1.165, 1.54) is 41.3 Å². The number of nitrogens with zero attached hydrogens (tertiary/aromatic N) is 2. The Morgan fingerprint density at radius 1 is 1.04 bits per heavy atom. The third-order valence-electron chi connectivity index (χ3n) is 5.47. The molecule has 0 unspecified atom stereocenters. The number of hydrogen-bond acceptors (Lipinski definition) is 3. The molecule has 0 aliphatic heterocycles. The summed E-state index contributed by atoms with van der Waals surface area (Å²) in [5.41, 5.74) is 7.54. The van der Waals surface area contributed by atoms with E-state index in [2.05, 4.69) is 56.9 Å². The van der Waals surface area contributed by atoms with E-state index in [9.17, 15) is 0 Å². The van der Waals surface area contributed by atoms with Gasteiger partial charge in [-0.15, -0.1) is 0 Å². The Morgan fingerprint density at radius 2 is 1.67 bits per heavy atom. The SMILES string of the molecule is Cc1cc2c(cc1-c1ccc(C=NO)cn1)C(C)(C)CCC2(C)C. The molecule has 0 amide bonds. The number of rotatable bonds is 2. The Morgan fingerprint density at radius 3 is 2.21 bits per heavy atom. The normalized spacial score (nSPS) is 18.5. The number of hydrogen-bond donors (Lipinski definition) is 1. The van der Waals surface area contributed by atoms with Gasteiger partial charge in [0.1, 0.15) is 0 Å². The maximum Gasteiger partial charge on any atom is 0.0749 e. The Hall–Kier alpha value is -2.16. The van der Waals surface area contributed by atoms with Crippen LogP contribution in [0.2, 0.25) is 0 Å². The Bertz CT molecular complexity index is 786. The molecule has 1 aromatic heterocycles. The van der Waals surface area contributed by atoms with Crippen LogP contribution in [0, 0.1) is 6.92 Å². The molecular formula is C21H26N2O. The van der Waals surface area contributed by atoms with Gasteiger partial charge in [0.25, 0.3) is 0 Å². The smallest absolute Gasteiger partial charge is 0.0749 e. The predicted octanol–water partition coefficient (Wildman–Crippen LogP) is 5.21. The molecule has 1 aliphatic rings. The topological polar surface area (TPSA) is 45.5 Å². The zero-order valence-corrected chi connectivity index (χ0v) is 15.2. The lowest BCUT2D eigenvalue weighted by Gasteiger charge is -2.42. The van der Waals surface area contributed by atoms with Crippen LogP contribution in [0.15, 0.2) is 35.6 Å². The molecule has 24 heavy (non-hydrogen) atoms. The lowest BCUT2D eigenvalue weighted by molar-refractivity contribution is 0.322. The van der Waals surface area contributed by atoms with Crippen LogP contribution in [0.4, 0.5) is 0 Å². The monoisotopic (exact) mass is 322 g/mol. The summed E-state index contributed by atoms with van der Waals surface area (Å²) in [7, 11) is 0. The molecule has 1 aromatic carbocycles. The van der Waals surface area contributed by atoms with Gasteiger partial charge in [-0.05, 0) is 65.5 Å². The second-order valence-corrected chi connectivity index (χ2v) is 8.20. The summed E-state index contributed by atoms with van der Waals surface area (Å²) in [4.78, 5) is 4.56. The molecule has 0 saturated carbocycles. The van der Waals surface area contributed by atoms with Gasteiger partial charge in [0, 0.05) is 17.3 Å². The zero-order chi connectivity index (χ0) is 17.5. The summed E-state index contributed by atoms with van der Waals surface area (Å²) in [6.07, 6.45) is 5.55. The van der Waals surface area contributed by atoms with Crippen LogP contribution < -0.4 is 0 Å². The molecule has 3 nitrogen and oxygen atoms in total. The molecule has 3 heteroatoms. The van der Waals surface area contributed by atoms with Gasteiger partial charge >= 0.3 is 0 Å². The minimum atomic E-state index is 0.191. The van der Waals surface area contributed by atoms with Crippen LogP contribution in [-0.4, -0.2) is 16.4 Å². The summed E-state index contributed by atoms with van der Waals surface area (Å²) in [5, 5.41) is 11.7. The first kappa shape index (κ1) is 16.7. The van der Waals surface area contributed by atoms with Gasteiger partial charge in [0.05, 0.1) is 11.9 Å². The summed E-state index contributed by atoms with van der Waals surface area (Å²) in [6.45, 7) is 11.5. The van der Waals surface area contributed by atoms with Gasteiger partial charge in [-0.2, -0.15) is 0 Å². The molecular weight excluding hydrogens is 296 g/mol. The fourth-order valence-corrected chi connectivity index (χ4v) is 3.71. The summed E-state index contributed by atoms with van der Waals surface area (Å²) < 4.78 is 0. The van der Waals surface area contributed by atoms with Crippen molar-refractivity contribution in [2.45, 2.75) is 58.3 Å². The van der Waals surface area contributed by atoms with Gasteiger partial charge in [0.15, 0.2) is 0 Å². The van der Waals surface area contributed by atoms with Crippen LogP contribution in [0.1, 0.15) is 62.8 Å². The third-order valence-corrected chi connectivity index (χ3v) is 5.47. The van der Waals surface area contributed by atoms with E-state index >= 15 is 0 Å². The number of fused-ring (bicyclic) bond motifs is 1. The average Bonchev–Trinajstić information content (AvgIpc) is 2.53. The molecule has 0 bridgehead atoms. The van der Waals surface area contributed by atoms with E-state index in [4.69, 9.17) is 5.21 Å². The van der Waals surface area contributed by atoms with E-state index in [1.54, 1.807) is 6.20 Å². The number of benzene rings is 1. The summed E-state index contributed by atoms with van der Waals surface area (Å²) in [6, 6.07) is 8.62. The number of oxime groups is 1. The van der Waals surface area contributed by atoms with Crippen molar-refractivity contribution < 1.29 is 5.21 Å². The molecule has 3 rings (SSSR count). The maximum atomic E-state index is 8.63. The fourth-order valence-electron chi connectivity index (χ4n) is 3.71. The molecule has 0 atom stereocenters. The fraction of sp³-hybridized carbons (Fsp3) is 0.429. The largest absolute Gasteiger partial charge is 0.411 e. The first-order valence-corrected chi connectivity index (χ1v) is 8.54. The molecule has 1 heterocycles. The van der Waals surface area contributed by atoms with Crippen molar-refractivity contribution in [3.63, 3.8) is 0 Å². The highest BCUT2D eigenvalue weighted by Gasteiger charge is 2.37. The van der Waals surface area contributed by atoms with Crippen LogP contribution in [0.3, 0.4) is 0 Å². The highest BCUT2D eigenvalue weighted by molar-refractivity contribution is 5.79.